The number of carbonyl (C=O) groups is 1. The Kier molecular flexibility index (Phi) is 4.41. The molecule has 0 aliphatic rings. The van der Waals surface area contributed by atoms with Crippen LogP contribution in [0.1, 0.15) is 15.9 Å². The number of amides is 1. The number of para-hydroxylation sites is 1. The van der Waals surface area contributed by atoms with E-state index in [0.717, 1.165) is 5.56 Å². The Labute approximate surface area is 116 Å². The highest BCUT2D eigenvalue weighted by molar-refractivity contribution is 7.07. The number of nitrogens with one attached hydrogen (secondary N) is 1. The van der Waals surface area contributed by atoms with Gasteiger partial charge < -0.3 is 14.8 Å². The van der Waals surface area contributed by atoms with Crippen LogP contribution >= 0.6 is 11.3 Å². The summed E-state index contributed by atoms with van der Waals surface area (Å²) in [6, 6.07) is 7.22. The van der Waals surface area contributed by atoms with E-state index in [1.165, 1.54) is 7.11 Å². The summed E-state index contributed by atoms with van der Waals surface area (Å²) in [6.07, 6.45) is 0. The van der Waals surface area contributed by atoms with Crippen LogP contribution in [0.15, 0.2) is 35.0 Å². The van der Waals surface area contributed by atoms with Crippen LogP contribution in [0.2, 0.25) is 0 Å². The Morgan fingerprint density at radius 3 is 2.74 bits per heavy atom. The summed E-state index contributed by atoms with van der Waals surface area (Å²) in [4.78, 5) is 12.1. The molecule has 0 saturated heterocycles. The van der Waals surface area contributed by atoms with Crippen LogP contribution in [0.5, 0.6) is 11.5 Å². The van der Waals surface area contributed by atoms with Gasteiger partial charge in [0.05, 0.1) is 19.8 Å². The summed E-state index contributed by atoms with van der Waals surface area (Å²) in [5, 5.41) is 6.84. The minimum atomic E-state index is -0.179. The SMILES string of the molecule is COc1cccc(C(=O)NCc2ccsc2)c1OC. The molecule has 1 N–H and O–H groups in total. The molecular weight excluding hydrogens is 262 g/mol. The Morgan fingerprint density at radius 1 is 1.26 bits per heavy atom. The molecule has 19 heavy (non-hydrogen) atoms. The van der Waals surface area contributed by atoms with Crippen LogP contribution < -0.4 is 14.8 Å². The van der Waals surface area contributed by atoms with Crippen LogP contribution in [0.4, 0.5) is 0 Å². The molecule has 0 radical (unpaired) electrons. The van der Waals surface area contributed by atoms with Crippen molar-refractivity contribution in [2.24, 2.45) is 0 Å². The van der Waals surface area contributed by atoms with Crippen molar-refractivity contribution in [3.8, 4) is 11.5 Å². The van der Waals surface area contributed by atoms with Gasteiger partial charge in [-0.25, -0.2) is 0 Å². The van der Waals surface area contributed by atoms with Gasteiger partial charge in [0, 0.05) is 6.54 Å². The van der Waals surface area contributed by atoms with Crippen molar-refractivity contribution in [1.82, 2.24) is 5.32 Å². The normalized spacial score (nSPS) is 10.0. The average Bonchev–Trinajstić information content (AvgIpc) is 2.97. The van der Waals surface area contributed by atoms with Gasteiger partial charge in [-0.2, -0.15) is 11.3 Å². The lowest BCUT2D eigenvalue weighted by Crippen LogP contribution is -2.23. The smallest absolute Gasteiger partial charge is 0.255 e. The van der Waals surface area contributed by atoms with Crippen molar-refractivity contribution in [1.29, 1.82) is 0 Å². The fraction of sp³-hybridized carbons (Fsp3) is 0.214. The van der Waals surface area contributed by atoms with Crippen molar-refractivity contribution in [2.75, 3.05) is 14.2 Å². The van der Waals surface area contributed by atoms with Crippen LogP contribution in [0, 0.1) is 0 Å². The van der Waals surface area contributed by atoms with Gasteiger partial charge in [0.1, 0.15) is 0 Å². The number of hydrogen-bond donors (Lipinski definition) is 1. The number of thiophene rings is 1. The number of methoxy groups -OCH3 is 2. The van der Waals surface area contributed by atoms with E-state index < -0.39 is 0 Å². The fourth-order valence-corrected chi connectivity index (χ4v) is 2.41. The van der Waals surface area contributed by atoms with Crippen molar-refractivity contribution in [3.63, 3.8) is 0 Å². The Morgan fingerprint density at radius 2 is 2.11 bits per heavy atom. The van der Waals surface area contributed by atoms with Gasteiger partial charge in [0.2, 0.25) is 0 Å². The van der Waals surface area contributed by atoms with E-state index >= 15 is 0 Å². The molecule has 1 heterocycles. The molecule has 0 spiro atoms. The van der Waals surface area contributed by atoms with Crippen molar-refractivity contribution >= 4 is 17.2 Å². The van der Waals surface area contributed by atoms with Crippen LogP contribution in [-0.4, -0.2) is 20.1 Å². The zero-order valence-corrected chi connectivity index (χ0v) is 11.6. The molecule has 0 fully saturated rings. The molecule has 5 heteroatoms. The molecule has 0 bridgehead atoms. The predicted molar refractivity (Wildman–Crippen MR) is 75.0 cm³/mol. The van der Waals surface area contributed by atoms with E-state index in [-0.39, 0.29) is 5.91 Å². The number of hydrogen-bond acceptors (Lipinski definition) is 4. The standard InChI is InChI=1S/C14H15NO3S/c1-17-12-5-3-4-11(13(12)18-2)14(16)15-8-10-6-7-19-9-10/h3-7,9H,8H2,1-2H3,(H,15,16). The quantitative estimate of drug-likeness (QED) is 0.914. The van der Waals surface area contributed by atoms with Gasteiger partial charge in [0.25, 0.3) is 5.91 Å². The highest BCUT2D eigenvalue weighted by Gasteiger charge is 2.15. The number of carbonyl (C=O) groups excluding carboxylic acids is 1. The molecule has 1 aromatic carbocycles. The lowest BCUT2D eigenvalue weighted by molar-refractivity contribution is 0.0947. The maximum atomic E-state index is 12.1. The zero-order valence-electron chi connectivity index (χ0n) is 10.8. The molecule has 0 saturated carbocycles. The van der Waals surface area contributed by atoms with Gasteiger partial charge in [-0.1, -0.05) is 6.07 Å². The largest absolute Gasteiger partial charge is 0.493 e. The van der Waals surface area contributed by atoms with Crippen LogP contribution in [-0.2, 0) is 6.54 Å². The molecule has 0 unspecified atom stereocenters. The third-order valence-corrected chi connectivity index (χ3v) is 3.41. The summed E-state index contributed by atoms with van der Waals surface area (Å²) >= 11 is 1.60. The third kappa shape index (κ3) is 3.06. The van der Waals surface area contributed by atoms with E-state index in [1.807, 2.05) is 16.8 Å². The van der Waals surface area contributed by atoms with Crippen LogP contribution in [0.25, 0.3) is 0 Å². The van der Waals surface area contributed by atoms with E-state index in [9.17, 15) is 4.79 Å². The molecule has 1 amide bonds. The van der Waals surface area contributed by atoms with Gasteiger partial charge in [-0.15, -0.1) is 0 Å². The highest BCUT2D eigenvalue weighted by Crippen LogP contribution is 2.30. The van der Waals surface area contributed by atoms with Gasteiger partial charge in [-0.3, -0.25) is 4.79 Å². The zero-order chi connectivity index (χ0) is 13.7. The Hall–Kier alpha value is -2.01. The molecule has 0 aliphatic carbocycles. The Bertz CT molecular complexity index is 552. The lowest BCUT2D eigenvalue weighted by atomic mass is 10.1. The summed E-state index contributed by atoms with van der Waals surface area (Å²) in [5.41, 5.74) is 1.55. The first kappa shape index (κ1) is 13.4. The van der Waals surface area contributed by atoms with Crippen molar-refractivity contribution < 1.29 is 14.3 Å². The second-order valence-corrected chi connectivity index (χ2v) is 4.64. The average molecular weight is 277 g/mol. The monoisotopic (exact) mass is 277 g/mol. The number of benzene rings is 1. The molecule has 100 valence electrons. The summed E-state index contributed by atoms with van der Waals surface area (Å²) in [6.45, 7) is 0.503. The maximum Gasteiger partial charge on any atom is 0.255 e. The van der Waals surface area contributed by atoms with Gasteiger partial charge in [-0.05, 0) is 34.5 Å². The lowest BCUT2D eigenvalue weighted by Gasteiger charge is -2.12. The van der Waals surface area contributed by atoms with E-state index in [4.69, 9.17) is 9.47 Å². The fourth-order valence-electron chi connectivity index (χ4n) is 1.74. The van der Waals surface area contributed by atoms with Crippen molar-refractivity contribution in [3.05, 3.63) is 46.2 Å². The number of rotatable bonds is 5. The second-order valence-electron chi connectivity index (χ2n) is 3.86. The molecule has 2 rings (SSSR count). The topological polar surface area (TPSA) is 47.6 Å². The highest BCUT2D eigenvalue weighted by atomic mass is 32.1. The molecule has 0 atom stereocenters. The molecule has 0 aliphatic heterocycles. The first-order valence-corrected chi connectivity index (χ1v) is 6.70. The van der Waals surface area contributed by atoms with Crippen LogP contribution in [0.3, 0.4) is 0 Å². The molecule has 2 aromatic rings. The minimum absolute atomic E-state index is 0.179. The number of ether oxygens (including phenoxy) is 2. The van der Waals surface area contributed by atoms with Gasteiger partial charge >= 0.3 is 0 Å². The second kappa shape index (κ2) is 6.24. The molecule has 1 aromatic heterocycles. The first-order valence-electron chi connectivity index (χ1n) is 5.76. The minimum Gasteiger partial charge on any atom is -0.493 e. The summed E-state index contributed by atoms with van der Waals surface area (Å²) in [7, 11) is 3.07. The Balaban J connectivity index is 2.14. The summed E-state index contributed by atoms with van der Waals surface area (Å²) < 4.78 is 10.4. The molecule has 4 nitrogen and oxygen atoms in total. The van der Waals surface area contributed by atoms with Crippen molar-refractivity contribution in [2.45, 2.75) is 6.54 Å². The summed E-state index contributed by atoms with van der Waals surface area (Å²) in [5.74, 6) is 0.820. The molecular formula is C14H15NO3S. The van der Waals surface area contributed by atoms with E-state index in [1.54, 1.807) is 36.6 Å². The predicted octanol–water partition coefficient (Wildman–Crippen LogP) is 2.70. The maximum absolute atomic E-state index is 12.1. The van der Waals surface area contributed by atoms with E-state index in [2.05, 4.69) is 5.32 Å². The first-order chi connectivity index (χ1) is 9.26. The third-order valence-electron chi connectivity index (χ3n) is 2.68. The van der Waals surface area contributed by atoms with E-state index in [0.29, 0.717) is 23.6 Å². The van der Waals surface area contributed by atoms with Gasteiger partial charge in [0.15, 0.2) is 11.5 Å².